The minimum atomic E-state index is -3.64. The average Bonchev–Trinajstić information content (AvgIpc) is 2.96. The summed E-state index contributed by atoms with van der Waals surface area (Å²) >= 11 is 0. The number of amides is 1. The lowest BCUT2D eigenvalue weighted by molar-refractivity contribution is -0.494. The molecule has 7 heteroatoms. The lowest BCUT2D eigenvalue weighted by Gasteiger charge is -2.37. The van der Waals surface area contributed by atoms with Crippen LogP contribution in [0.2, 0.25) is 0 Å². The second kappa shape index (κ2) is 4.74. The maximum atomic E-state index is 13.1. The first-order valence-electron chi connectivity index (χ1n) is 8.96. The Morgan fingerprint density at radius 2 is 2.04 bits per heavy atom. The fourth-order valence-electron chi connectivity index (χ4n) is 5.99. The van der Waals surface area contributed by atoms with Gasteiger partial charge in [0.15, 0.2) is 5.71 Å². The number of carbonyl (C=O) groups excluding carboxylic acids is 1. The standard InChI is InChI=1S/C17H26N2O4S/c1-11-5-4-6-13(18(11)21)15(20)19-14-9-12-7-8-17(14,16(12,2)3)10-24(19,22)23/h12-14H,4-10H2,1-3H3/t12-,13-,14-,17-/m1/s1. The second-order valence-electron chi connectivity index (χ2n) is 8.72. The van der Waals surface area contributed by atoms with E-state index in [1.807, 2.05) is 0 Å². The van der Waals surface area contributed by atoms with Crippen molar-refractivity contribution in [2.45, 2.75) is 71.4 Å². The number of hydrogen-bond acceptors (Lipinski definition) is 4. The highest BCUT2D eigenvalue weighted by Gasteiger charge is 2.72. The number of rotatable bonds is 1. The van der Waals surface area contributed by atoms with Crippen LogP contribution in [0.5, 0.6) is 0 Å². The first-order chi connectivity index (χ1) is 11.1. The fourth-order valence-corrected chi connectivity index (χ4v) is 8.56. The van der Waals surface area contributed by atoms with Crippen molar-refractivity contribution in [3.05, 3.63) is 5.21 Å². The number of nitrogens with zero attached hydrogens (tertiary/aromatic N) is 2. The minimum Gasteiger partial charge on any atom is -0.623 e. The molecule has 0 aromatic carbocycles. The van der Waals surface area contributed by atoms with Gasteiger partial charge in [-0.05, 0) is 37.0 Å². The SMILES string of the molecule is CC1=[N+]([O-])[C@@H](C(=O)N2[C@@H]3C[C@H]4CC[C@]3(CS2(=O)=O)C4(C)C)CCC1. The third-order valence-electron chi connectivity index (χ3n) is 7.59. The molecule has 2 aliphatic carbocycles. The molecule has 0 aromatic heterocycles. The number of fused-ring (bicyclic) bond motifs is 1. The maximum absolute atomic E-state index is 13.1. The molecule has 0 unspecified atom stereocenters. The molecule has 0 aromatic rings. The summed E-state index contributed by atoms with van der Waals surface area (Å²) in [6.45, 7) is 6.05. The van der Waals surface area contributed by atoms with Crippen LogP contribution in [0.1, 0.15) is 59.3 Å². The molecule has 24 heavy (non-hydrogen) atoms. The van der Waals surface area contributed by atoms with Crippen LogP contribution in [0, 0.1) is 22.0 Å². The molecular formula is C17H26N2O4S. The average molecular weight is 354 g/mol. The van der Waals surface area contributed by atoms with E-state index in [2.05, 4.69) is 13.8 Å². The summed E-state index contributed by atoms with van der Waals surface area (Å²) in [6.07, 6.45) is 4.56. The van der Waals surface area contributed by atoms with Gasteiger partial charge in [0.1, 0.15) is 0 Å². The summed E-state index contributed by atoms with van der Waals surface area (Å²) < 4.78 is 27.7. The number of carbonyl (C=O) groups is 1. The fraction of sp³-hybridized carbons (Fsp3) is 0.882. The summed E-state index contributed by atoms with van der Waals surface area (Å²) in [4.78, 5) is 13.1. The highest BCUT2D eigenvalue weighted by molar-refractivity contribution is 7.90. The first-order valence-corrected chi connectivity index (χ1v) is 10.6. The van der Waals surface area contributed by atoms with Crippen LogP contribution in [0.15, 0.2) is 0 Å². The molecule has 4 rings (SSSR count). The van der Waals surface area contributed by atoms with E-state index in [1.54, 1.807) is 6.92 Å². The smallest absolute Gasteiger partial charge is 0.306 e. The van der Waals surface area contributed by atoms with Gasteiger partial charge in [-0.1, -0.05) is 13.8 Å². The predicted molar refractivity (Wildman–Crippen MR) is 89.9 cm³/mol. The summed E-state index contributed by atoms with van der Waals surface area (Å²) in [6, 6.07) is -1.12. The quantitative estimate of drug-likeness (QED) is 0.532. The van der Waals surface area contributed by atoms with Gasteiger partial charge in [0.05, 0.1) is 11.8 Å². The van der Waals surface area contributed by atoms with E-state index in [0.29, 0.717) is 24.5 Å². The summed E-state index contributed by atoms with van der Waals surface area (Å²) in [5.41, 5.74) is 0.234. The zero-order valence-corrected chi connectivity index (χ0v) is 15.4. The van der Waals surface area contributed by atoms with Crippen LogP contribution in [0.4, 0.5) is 0 Å². The van der Waals surface area contributed by atoms with Crippen LogP contribution in [-0.2, 0) is 14.8 Å². The maximum Gasteiger partial charge on any atom is 0.306 e. The predicted octanol–water partition coefficient (Wildman–Crippen LogP) is 1.88. The molecule has 1 spiro atoms. The van der Waals surface area contributed by atoms with Crippen molar-refractivity contribution in [3.8, 4) is 0 Å². The first kappa shape index (κ1) is 16.4. The number of sulfonamides is 1. The number of hydroxylamine groups is 1. The van der Waals surface area contributed by atoms with Crippen LogP contribution in [0.25, 0.3) is 0 Å². The molecule has 2 aliphatic heterocycles. The van der Waals surface area contributed by atoms with Crippen LogP contribution < -0.4 is 0 Å². The minimum absolute atomic E-state index is 0.0637. The van der Waals surface area contributed by atoms with Gasteiger partial charge in [0.25, 0.3) is 0 Å². The Morgan fingerprint density at radius 1 is 1.33 bits per heavy atom. The second-order valence-corrected chi connectivity index (χ2v) is 10.6. The van der Waals surface area contributed by atoms with Gasteiger partial charge in [-0.2, -0.15) is 0 Å². The summed E-state index contributed by atoms with van der Waals surface area (Å²) in [5, 5.41) is 12.3. The zero-order valence-electron chi connectivity index (χ0n) is 14.6. The molecule has 1 amide bonds. The molecule has 1 saturated heterocycles. The molecule has 2 saturated carbocycles. The molecule has 2 bridgehead atoms. The third-order valence-corrected chi connectivity index (χ3v) is 9.50. The van der Waals surface area contributed by atoms with Crippen molar-refractivity contribution >= 4 is 21.6 Å². The van der Waals surface area contributed by atoms with E-state index < -0.39 is 22.0 Å². The van der Waals surface area contributed by atoms with Crippen molar-refractivity contribution in [1.82, 2.24) is 4.31 Å². The van der Waals surface area contributed by atoms with Gasteiger partial charge in [0, 0.05) is 25.2 Å². The third kappa shape index (κ3) is 1.79. The Balaban J connectivity index is 1.74. The largest absolute Gasteiger partial charge is 0.623 e. The van der Waals surface area contributed by atoms with Crippen LogP contribution in [0.3, 0.4) is 0 Å². The molecule has 6 nitrogen and oxygen atoms in total. The van der Waals surface area contributed by atoms with Gasteiger partial charge in [-0.15, -0.1) is 0 Å². The Morgan fingerprint density at radius 3 is 2.71 bits per heavy atom. The van der Waals surface area contributed by atoms with Crippen LogP contribution >= 0.6 is 0 Å². The zero-order chi connectivity index (χ0) is 17.5. The molecule has 4 aliphatic rings. The van der Waals surface area contributed by atoms with E-state index in [4.69, 9.17) is 0 Å². The molecule has 0 N–H and O–H groups in total. The van der Waals surface area contributed by atoms with Crippen molar-refractivity contribution in [2.24, 2.45) is 16.7 Å². The Bertz CT molecular complexity index is 742. The van der Waals surface area contributed by atoms with Crippen LogP contribution in [-0.4, -0.2) is 46.9 Å². The molecule has 2 heterocycles. The van der Waals surface area contributed by atoms with E-state index in [1.165, 1.54) is 0 Å². The monoisotopic (exact) mass is 354 g/mol. The van der Waals surface area contributed by atoms with Crippen molar-refractivity contribution in [3.63, 3.8) is 0 Å². The van der Waals surface area contributed by atoms with Gasteiger partial charge in [-0.3, -0.25) is 4.79 Å². The molecule has 4 atom stereocenters. The molecular weight excluding hydrogens is 328 g/mol. The van der Waals surface area contributed by atoms with E-state index >= 15 is 0 Å². The summed E-state index contributed by atoms with van der Waals surface area (Å²) in [7, 11) is -3.64. The Hall–Kier alpha value is -1.11. The summed E-state index contributed by atoms with van der Waals surface area (Å²) in [5.74, 6) is 0.0411. The van der Waals surface area contributed by atoms with Gasteiger partial charge < -0.3 is 5.21 Å². The highest BCUT2D eigenvalue weighted by atomic mass is 32.2. The molecule has 3 fully saturated rings. The van der Waals surface area contributed by atoms with Gasteiger partial charge in [0.2, 0.25) is 16.1 Å². The van der Waals surface area contributed by atoms with Gasteiger partial charge >= 0.3 is 5.91 Å². The van der Waals surface area contributed by atoms with Gasteiger partial charge in [-0.25, -0.2) is 17.5 Å². The Labute approximate surface area is 143 Å². The topological polar surface area (TPSA) is 80.5 Å². The van der Waals surface area contributed by atoms with E-state index in [0.717, 1.165) is 34.7 Å². The number of hydrogen-bond donors (Lipinski definition) is 0. The highest BCUT2D eigenvalue weighted by Crippen LogP contribution is 2.70. The molecule has 134 valence electrons. The van der Waals surface area contributed by atoms with E-state index in [-0.39, 0.29) is 22.6 Å². The normalized spacial score (nSPS) is 42.5. The van der Waals surface area contributed by atoms with Crippen molar-refractivity contribution < 1.29 is 18.0 Å². The van der Waals surface area contributed by atoms with Crippen molar-refractivity contribution in [1.29, 1.82) is 0 Å². The lowest BCUT2D eigenvalue weighted by Crippen LogP contribution is -2.51. The van der Waals surface area contributed by atoms with Crippen molar-refractivity contribution in [2.75, 3.05) is 5.75 Å². The molecule has 0 radical (unpaired) electrons. The Kier molecular flexibility index (Phi) is 3.23. The lowest BCUT2D eigenvalue weighted by atomic mass is 9.69. The van der Waals surface area contributed by atoms with E-state index in [9.17, 15) is 18.4 Å².